The molecule has 0 saturated heterocycles. The number of hydrogen-bond donors (Lipinski definition) is 1. The van der Waals surface area contributed by atoms with E-state index in [9.17, 15) is 4.79 Å². The van der Waals surface area contributed by atoms with Gasteiger partial charge in [0.15, 0.2) is 0 Å². The molecule has 0 radical (unpaired) electrons. The van der Waals surface area contributed by atoms with Crippen molar-refractivity contribution >= 4 is 21.9 Å². The Hall–Kier alpha value is -0.490. The summed E-state index contributed by atoms with van der Waals surface area (Å²) in [7, 11) is 0. The predicted molar refractivity (Wildman–Crippen MR) is 140 cm³/mol. The van der Waals surface area contributed by atoms with Gasteiger partial charge < -0.3 is 57.2 Å². The first kappa shape index (κ1) is 37.5. The molecule has 0 saturated carbocycles. The van der Waals surface area contributed by atoms with Crippen molar-refractivity contribution in [2.24, 2.45) is 0 Å². The summed E-state index contributed by atoms with van der Waals surface area (Å²) in [5, 5.41) is 9.24. The van der Waals surface area contributed by atoms with Crippen LogP contribution in [0.5, 0.6) is 0 Å². The van der Waals surface area contributed by atoms with Crippen molar-refractivity contribution in [2.75, 3.05) is 151 Å². The Morgan fingerprint density at radius 1 is 0.368 bits per heavy atom. The van der Waals surface area contributed by atoms with Crippen LogP contribution in [0.25, 0.3) is 0 Å². The van der Waals surface area contributed by atoms with E-state index in [1.165, 1.54) is 0 Å². The molecular weight excluding hydrogens is 576 g/mol. The van der Waals surface area contributed by atoms with Crippen LogP contribution in [0.2, 0.25) is 0 Å². The Kier molecular flexibility index (Phi) is 34.1. The van der Waals surface area contributed by atoms with Crippen molar-refractivity contribution in [1.29, 1.82) is 0 Å². The first-order valence-corrected chi connectivity index (χ1v) is 14.0. The SMILES string of the molecule is O=C(O)COCCOCCOCCOCCOCCOCCOCCOCCOCCOCCOCCBr. The van der Waals surface area contributed by atoms with Gasteiger partial charge in [0, 0.05) is 5.33 Å². The fraction of sp³-hybridized carbons (Fsp3) is 0.958. The van der Waals surface area contributed by atoms with Gasteiger partial charge >= 0.3 is 5.97 Å². The second-order valence-corrected chi connectivity index (χ2v) is 8.05. The van der Waals surface area contributed by atoms with Crippen LogP contribution in [0.1, 0.15) is 0 Å². The zero-order valence-electron chi connectivity index (χ0n) is 22.5. The summed E-state index contributed by atoms with van der Waals surface area (Å²) < 4.78 is 58.6. The number of halogens is 1. The standard InChI is InChI=1S/C24H47BrO13/c25-1-2-28-3-4-29-5-6-30-7-8-31-9-10-32-11-12-33-13-14-34-15-16-35-17-18-36-19-20-37-21-22-38-23-24(26)27/h1-23H2,(H,26,27). The summed E-state index contributed by atoms with van der Waals surface area (Å²) in [4.78, 5) is 10.2. The molecule has 0 spiro atoms. The maximum atomic E-state index is 10.2. The van der Waals surface area contributed by atoms with Crippen molar-refractivity contribution in [3.8, 4) is 0 Å². The summed E-state index contributed by atoms with van der Waals surface area (Å²) in [5.41, 5.74) is 0. The molecule has 0 bridgehead atoms. The van der Waals surface area contributed by atoms with E-state index < -0.39 is 5.97 Å². The number of carboxylic acids is 1. The fourth-order valence-electron chi connectivity index (χ4n) is 2.41. The third-order valence-electron chi connectivity index (χ3n) is 4.17. The van der Waals surface area contributed by atoms with Crippen molar-refractivity contribution in [1.82, 2.24) is 0 Å². The van der Waals surface area contributed by atoms with Crippen LogP contribution in [0.4, 0.5) is 0 Å². The third-order valence-corrected chi connectivity index (χ3v) is 4.49. The normalized spacial score (nSPS) is 11.4. The summed E-state index contributed by atoms with van der Waals surface area (Å²) in [6, 6.07) is 0. The van der Waals surface area contributed by atoms with Gasteiger partial charge in [-0.3, -0.25) is 0 Å². The molecule has 0 heterocycles. The molecule has 0 aromatic rings. The van der Waals surface area contributed by atoms with Crippen LogP contribution < -0.4 is 0 Å². The van der Waals surface area contributed by atoms with Gasteiger partial charge in [-0.2, -0.15) is 0 Å². The van der Waals surface area contributed by atoms with Gasteiger partial charge in [-0.1, -0.05) is 15.9 Å². The van der Waals surface area contributed by atoms with Crippen LogP contribution in [-0.4, -0.2) is 162 Å². The number of alkyl halides is 1. The largest absolute Gasteiger partial charge is 0.480 e. The minimum Gasteiger partial charge on any atom is -0.480 e. The minimum absolute atomic E-state index is 0.244. The highest BCUT2D eigenvalue weighted by molar-refractivity contribution is 9.09. The molecule has 38 heavy (non-hydrogen) atoms. The molecule has 0 atom stereocenters. The number of aliphatic carboxylic acids is 1. The molecule has 0 aromatic carbocycles. The summed E-state index contributed by atoms with van der Waals surface area (Å²) in [6.45, 7) is 10.0. The minimum atomic E-state index is -0.994. The highest BCUT2D eigenvalue weighted by Gasteiger charge is 1.97. The van der Waals surface area contributed by atoms with Gasteiger partial charge in [0.25, 0.3) is 0 Å². The first-order chi connectivity index (χ1) is 18.8. The number of rotatable bonds is 34. The Labute approximate surface area is 234 Å². The molecule has 0 rings (SSSR count). The first-order valence-electron chi connectivity index (χ1n) is 12.9. The molecule has 14 heteroatoms. The summed E-state index contributed by atoms with van der Waals surface area (Å²) >= 11 is 3.29. The fourth-order valence-corrected chi connectivity index (χ4v) is 2.64. The third kappa shape index (κ3) is 35.5. The molecule has 228 valence electrons. The van der Waals surface area contributed by atoms with Gasteiger partial charge in [0.1, 0.15) is 6.61 Å². The molecular formula is C24H47BrO13. The van der Waals surface area contributed by atoms with E-state index >= 15 is 0 Å². The smallest absolute Gasteiger partial charge is 0.329 e. The lowest BCUT2D eigenvalue weighted by atomic mass is 10.6. The number of carbonyl (C=O) groups is 1. The molecule has 13 nitrogen and oxygen atoms in total. The van der Waals surface area contributed by atoms with Crippen LogP contribution in [0, 0.1) is 0 Å². The van der Waals surface area contributed by atoms with Gasteiger partial charge in [0.05, 0.1) is 139 Å². The van der Waals surface area contributed by atoms with Crippen molar-refractivity contribution < 1.29 is 62.0 Å². The lowest BCUT2D eigenvalue weighted by molar-refractivity contribution is -0.142. The predicted octanol–water partition coefficient (Wildman–Crippen LogP) is 0.649. The Balaban J connectivity index is 3.02. The van der Waals surface area contributed by atoms with Crippen molar-refractivity contribution in [3.05, 3.63) is 0 Å². The van der Waals surface area contributed by atoms with E-state index in [0.717, 1.165) is 5.33 Å². The van der Waals surface area contributed by atoms with Gasteiger partial charge in [-0.15, -0.1) is 0 Å². The number of hydrogen-bond acceptors (Lipinski definition) is 12. The average Bonchev–Trinajstić information content (AvgIpc) is 2.91. The molecule has 0 unspecified atom stereocenters. The maximum absolute atomic E-state index is 10.2. The van der Waals surface area contributed by atoms with Crippen LogP contribution in [0.15, 0.2) is 0 Å². The zero-order chi connectivity index (χ0) is 27.6. The lowest BCUT2D eigenvalue weighted by Crippen LogP contribution is -2.15. The van der Waals surface area contributed by atoms with E-state index in [2.05, 4.69) is 15.9 Å². The van der Waals surface area contributed by atoms with Gasteiger partial charge in [-0.05, 0) is 0 Å². The molecule has 1 N–H and O–H groups in total. The summed E-state index contributed by atoms with van der Waals surface area (Å²) in [6.07, 6.45) is 0. The topological polar surface area (TPSA) is 139 Å². The van der Waals surface area contributed by atoms with Crippen LogP contribution in [-0.2, 0) is 56.9 Å². The number of ether oxygens (including phenoxy) is 11. The van der Waals surface area contributed by atoms with Crippen molar-refractivity contribution in [3.63, 3.8) is 0 Å². The Morgan fingerprint density at radius 3 is 0.737 bits per heavy atom. The van der Waals surface area contributed by atoms with Crippen LogP contribution >= 0.6 is 15.9 Å². The van der Waals surface area contributed by atoms with E-state index in [0.29, 0.717) is 132 Å². The Bertz CT molecular complexity index is 463. The molecule has 0 fully saturated rings. The van der Waals surface area contributed by atoms with Crippen molar-refractivity contribution in [2.45, 2.75) is 0 Å². The average molecular weight is 624 g/mol. The Morgan fingerprint density at radius 2 is 0.553 bits per heavy atom. The van der Waals surface area contributed by atoms with E-state index in [4.69, 9.17) is 57.2 Å². The van der Waals surface area contributed by atoms with Gasteiger partial charge in [0.2, 0.25) is 0 Å². The zero-order valence-corrected chi connectivity index (χ0v) is 24.1. The maximum Gasteiger partial charge on any atom is 0.329 e. The van der Waals surface area contributed by atoms with Gasteiger partial charge in [-0.25, -0.2) is 4.79 Å². The lowest BCUT2D eigenvalue weighted by Gasteiger charge is -2.09. The highest BCUT2D eigenvalue weighted by atomic mass is 79.9. The monoisotopic (exact) mass is 622 g/mol. The molecule has 0 aliphatic carbocycles. The quantitative estimate of drug-likeness (QED) is 0.0794. The van der Waals surface area contributed by atoms with E-state index in [1.54, 1.807) is 0 Å². The molecule has 0 aliphatic heterocycles. The molecule has 0 aromatic heterocycles. The summed E-state index contributed by atoms with van der Waals surface area (Å²) in [5.74, 6) is -0.994. The van der Waals surface area contributed by atoms with Crippen LogP contribution in [0.3, 0.4) is 0 Å². The van der Waals surface area contributed by atoms with E-state index in [1.807, 2.05) is 0 Å². The highest BCUT2D eigenvalue weighted by Crippen LogP contribution is 1.87. The second-order valence-electron chi connectivity index (χ2n) is 7.26. The molecule has 0 aliphatic rings. The molecule has 0 amide bonds. The van der Waals surface area contributed by atoms with E-state index in [-0.39, 0.29) is 13.2 Å². The second kappa shape index (κ2) is 34.5. The number of carboxylic acid groups (broad SMARTS) is 1.